The number of amides is 2. The van der Waals surface area contributed by atoms with Crippen molar-refractivity contribution in [3.8, 4) is 17.2 Å². The number of methoxy groups -OCH3 is 2. The van der Waals surface area contributed by atoms with E-state index >= 15 is 0 Å². The summed E-state index contributed by atoms with van der Waals surface area (Å²) in [7, 11) is 3.19. The molecular weight excluding hydrogens is 444 g/mol. The zero-order valence-corrected chi connectivity index (χ0v) is 20.4. The minimum atomic E-state index is -0.688. The fourth-order valence-electron chi connectivity index (χ4n) is 3.46. The quantitative estimate of drug-likeness (QED) is 0.383. The summed E-state index contributed by atoms with van der Waals surface area (Å²) in [6.07, 6.45) is 0.568. The third kappa shape index (κ3) is 8.07. The van der Waals surface area contributed by atoms with Crippen LogP contribution < -0.4 is 24.8 Å². The monoisotopic (exact) mass is 476 g/mol. The molecule has 0 atom stereocenters. The van der Waals surface area contributed by atoms with E-state index in [2.05, 4.69) is 10.6 Å². The van der Waals surface area contributed by atoms with Crippen LogP contribution in [0.1, 0.15) is 36.2 Å². The molecule has 7 nitrogen and oxygen atoms in total. The van der Waals surface area contributed by atoms with Crippen molar-refractivity contribution in [2.75, 3.05) is 20.8 Å². The highest BCUT2D eigenvalue weighted by atomic mass is 16.5. The Morgan fingerprint density at radius 2 is 1.11 bits per heavy atom. The summed E-state index contributed by atoms with van der Waals surface area (Å²) in [6.45, 7) is 2.67. The molecule has 0 saturated heterocycles. The lowest BCUT2D eigenvalue weighted by Gasteiger charge is -2.21. The molecule has 0 unspecified atom stereocenters. The van der Waals surface area contributed by atoms with E-state index in [1.807, 2.05) is 79.7 Å². The average Bonchev–Trinajstić information content (AvgIpc) is 2.88. The van der Waals surface area contributed by atoms with Gasteiger partial charge in [-0.05, 0) is 59.5 Å². The molecule has 0 aromatic heterocycles. The van der Waals surface area contributed by atoms with E-state index in [4.69, 9.17) is 14.2 Å². The Labute approximate surface area is 206 Å². The fourth-order valence-corrected chi connectivity index (χ4v) is 3.46. The van der Waals surface area contributed by atoms with Crippen molar-refractivity contribution in [2.24, 2.45) is 0 Å². The van der Waals surface area contributed by atoms with E-state index in [0.29, 0.717) is 6.61 Å². The number of carbonyl (C=O) groups is 2. The summed E-state index contributed by atoms with van der Waals surface area (Å²) in [4.78, 5) is 25.7. The van der Waals surface area contributed by atoms with Crippen LogP contribution in [0.3, 0.4) is 0 Å². The number of nitrogens with one attached hydrogen (secondary N) is 2. The predicted octanol–water partition coefficient (Wildman–Crippen LogP) is 4.21. The van der Waals surface area contributed by atoms with Crippen molar-refractivity contribution in [3.63, 3.8) is 0 Å². The number of carbonyl (C=O) groups excluding carboxylic acids is 2. The van der Waals surface area contributed by atoms with E-state index in [-0.39, 0.29) is 24.7 Å². The molecule has 3 aromatic rings. The Hall–Kier alpha value is -4.00. The first-order chi connectivity index (χ1) is 17.0. The van der Waals surface area contributed by atoms with Gasteiger partial charge in [-0.25, -0.2) is 0 Å². The lowest BCUT2D eigenvalue weighted by molar-refractivity contribution is -0.123. The second-order valence-corrected chi connectivity index (χ2v) is 8.04. The summed E-state index contributed by atoms with van der Waals surface area (Å²) in [5.74, 6) is 1.77. The van der Waals surface area contributed by atoms with E-state index in [0.717, 1.165) is 40.4 Å². The molecule has 35 heavy (non-hydrogen) atoms. The van der Waals surface area contributed by atoms with Crippen LogP contribution >= 0.6 is 0 Å². The van der Waals surface area contributed by atoms with Gasteiger partial charge in [0.25, 0.3) is 0 Å². The van der Waals surface area contributed by atoms with E-state index < -0.39 is 6.17 Å². The molecule has 0 aliphatic carbocycles. The van der Waals surface area contributed by atoms with E-state index in [1.165, 1.54) is 0 Å². The van der Waals surface area contributed by atoms with Crippen LogP contribution in [0.5, 0.6) is 17.2 Å². The Morgan fingerprint density at radius 3 is 1.51 bits per heavy atom. The van der Waals surface area contributed by atoms with Gasteiger partial charge in [-0.2, -0.15) is 0 Å². The molecule has 184 valence electrons. The van der Waals surface area contributed by atoms with Crippen LogP contribution in [0.2, 0.25) is 0 Å². The molecule has 0 bridgehead atoms. The van der Waals surface area contributed by atoms with Crippen molar-refractivity contribution in [2.45, 2.75) is 32.4 Å². The smallest absolute Gasteiger partial charge is 0.226 e. The van der Waals surface area contributed by atoms with Crippen LogP contribution in [0.25, 0.3) is 0 Å². The van der Waals surface area contributed by atoms with Crippen LogP contribution in [0.15, 0.2) is 72.8 Å². The van der Waals surface area contributed by atoms with Crippen LogP contribution in [-0.2, 0) is 22.4 Å². The van der Waals surface area contributed by atoms with E-state index in [1.54, 1.807) is 14.2 Å². The Morgan fingerprint density at radius 1 is 0.686 bits per heavy atom. The first-order valence-electron chi connectivity index (χ1n) is 11.6. The van der Waals surface area contributed by atoms with E-state index in [9.17, 15) is 9.59 Å². The third-order valence-electron chi connectivity index (χ3n) is 5.34. The molecule has 3 aromatic carbocycles. The lowest BCUT2D eigenvalue weighted by atomic mass is 10.1. The second kappa shape index (κ2) is 13.0. The summed E-state index contributed by atoms with van der Waals surface area (Å²) in [6, 6.07) is 22.0. The van der Waals surface area contributed by atoms with Crippen molar-refractivity contribution in [3.05, 3.63) is 89.5 Å². The first-order valence-corrected chi connectivity index (χ1v) is 11.6. The Balaban J connectivity index is 1.70. The molecule has 0 saturated carbocycles. The summed E-state index contributed by atoms with van der Waals surface area (Å²) < 4.78 is 16.0. The molecule has 0 heterocycles. The van der Waals surface area contributed by atoms with Gasteiger partial charge in [0, 0.05) is 0 Å². The van der Waals surface area contributed by atoms with Crippen molar-refractivity contribution >= 4 is 11.8 Å². The zero-order valence-electron chi connectivity index (χ0n) is 20.4. The minimum absolute atomic E-state index is 0.173. The van der Waals surface area contributed by atoms with Crippen molar-refractivity contribution in [1.82, 2.24) is 10.6 Å². The minimum Gasteiger partial charge on any atom is -0.497 e. The topological polar surface area (TPSA) is 85.9 Å². The van der Waals surface area contributed by atoms with Gasteiger partial charge in [-0.1, -0.05) is 43.3 Å². The Bertz CT molecular complexity index is 1020. The molecule has 0 aliphatic heterocycles. The molecule has 2 amide bonds. The largest absolute Gasteiger partial charge is 0.497 e. The van der Waals surface area contributed by atoms with Gasteiger partial charge in [0.2, 0.25) is 11.8 Å². The number of hydrogen-bond acceptors (Lipinski definition) is 5. The molecule has 2 N–H and O–H groups in total. The summed E-state index contributed by atoms with van der Waals surface area (Å²) in [5, 5.41) is 5.89. The molecule has 0 spiro atoms. The van der Waals surface area contributed by atoms with Gasteiger partial charge >= 0.3 is 0 Å². The van der Waals surface area contributed by atoms with Gasteiger partial charge in [-0.15, -0.1) is 0 Å². The maximum Gasteiger partial charge on any atom is 0.226 e. The average molecular weight is 477 g/mol. The number of ether oxygens (including phenoxy) is 3. The Kier molecular flexibility index (Phi) is 9.54. The number of rotatable bonds is 12. The normalized spacial score (nSPS) is 10.5. The van der Waals surface area contributed by atoms with Gasteiger partial charge in [-0.3, -0.25) is 9.59 Å². The number of hydrogen-bond donors (Lipinski definition) is 2. The first kappa shape index (κ1) is 25.6. The molecule has 3 rings (SSSR count). The molecule has 0 radical (unpaired) electrons. The van der Waals surface area contributed by atoms with Gasteiger partial charge in [0.05, 0.1) is 33.7 Å². The fraction of sp³-hybridized carbons (Fsp3) is 0.286. The SMILES string of the molecule is CCCOc1ccc(C(NC(=O)Cc2ccc(OC)cc2)NC(=O)Cc2ccc(OC)cc2)cc1. The maximum atomic E-state index is 12.8. The summed E-state index contributed by atoms with van der Waals surface area (Å²) in [5.41, 5.74) is 2.44. The predicted molar refractivity (Wildman–Crippen MR) is 135 cm³/mol. The van der Waals surface area contributed by atoms with Gasteiger partial charge in [0.15, 0.2) is 0 Å². The standard InChI is InChI=1S/C28H32N2O5/c1-4-17-35-25-15-9-22(10-16-25)28(29-26(31)18-20-5-11-23(33-2)12-6-20)30-27(32)19-21-7-13-24(34-3)14-8-21/h5-16,28H,4,17-19H2,1-3H3,(H,29,31)(H,30,32). The van der Waals surface area contributed by atoms with Crippen LogP contribution in [-0.4, -0.2) is 32.6 Å². The van der Waals surface area contributed by atoms with Gasteiger partial charge in [0.1, 0.15) is 23.4 Å². The highest BCUT2D eigenvalue weighted by Crippen LogP contribution is 2.18. The second-order valence-electron chi connectivity index (χ2n) is 8.04. The molecule has 7 heteroatoms. The third-order valence-corrected chi connectivity index (χ3v) is 5.34. The van der Waals surface area contributed by atoms with Crippen molar-refractivity contribution < 1.29 is 23.8 Å². The highest BCUT2D eigenvalue weighted by Gasteiger charge is 2.18. The zero-order chi connectivity index (χ0) is 25.0. The molecule has 0 aliphatic rings. The van der Waals surface area contributed by atoms with Gasteiger partial charge < -0.3 is 24.8 Å². The van der Waals surface area contributed by atoms with Crippen molar-refractivity contribution in [1.29, 1.82) is 0 Å². The maximum absolute atomic E-state index is 12.8. The highest BCUT2D eigenvalue weighted by molar-refractivity contribution is 5.82. The van der Waals surface area contributed by atoms with Crippen LogP contribution in [0, 0.1) is 0 Å². The molecular formula is C28H32N2O5. The van der Waals surface area contributed by atoms with Crippen LogP contribution in [0.4, 0.5) is 0 Å². The summed E-state index contributed by atoms with van der Waals surface area (Å²) >= 11 is 0. The number of benzene rings is 3. The molecule has 0 fully saturated rings. The lowest BCUT2D eigenvalue weighted by Crippen LogP contribution is -2.42.